The summed E-state index contributed by atoms with van der Waals surface area (Å²) in [4.78, 5) is 11.3. The van der Waals surface area contributed by atoms with E-state index in [9.17, 15) is 0 Å². The van der Waals surface area contributed by atoms with E-state index in [0.717, 1.165) is 22.9 Å². The van der Waals surface area contributed by atoms with Gasteiger partial charge in [-0.3, -0.25) is 4.98 Å². The van der Waals surface area contributed by atoms with Crippen LogP contribution in [0.1, 0.15) is 23.5 Å². The summed E-state index contributed by atoms with van der Waals surface area (Å²) >= 11 is 11.8. The van der Waals surface area contributed by atoms with Gasteiger partial charge in [-0.25, -0.2) is 4.98 Å². The van der Waals surface area contributed by atoms with E-state index >= 15 is 0 Å². The van der Waals surface area contributed by atoms with E-state index < -0.39 is 0 Å². The molecule has 4 aromatic rings. The average molecular weight is 432 g/mol. The highest BCUT2D eigenvalue weighted by Crippen LogP contribution is 2.41. The van der Waals surface area contributed by atoms with Crippen molar-refractivity contribution < 1.29 is 0 Å². The van der Waals surface area contributed by atoms with Crippen molar-refractivity contribution in [3.05, 3.63) is 108 Å². The summed E-state index contributed by atoms with van der Waals surface area (Å²) in [6.45, 7) is 0. The molecular formula is C23H18ClN5S. The molecule has 4 heterocycles. The monoisotopic (exact) mass is 431 g/mol. The average Bonchev–Trinajstić information content (AvgIpc) is 3.40. The number of hydrogen-bond donors (Lipinski definition) is 1. The molecule has 3 aromatic heterocycles. The summed E-state index contributed by atoms with van der Waals surface area (Å²) in [6, 6.07) is 23.8. The van der Waals surface area contributed by atoms with Gasteiger partial charge in [-0.2, -0.15) is 0 Å². The smallest absolute Gasteiger partial charge is 0.174 e. The van der Waals surface area contributed by atoms with Crippen LogP contribution in [0.4, 0.5) is 5.69 Å². The van der Waals surface area contributed by atoms with Gasteiger partial charge in [0.05, 0.1) is 16.8 Å². The highest BCUT2D eigenvalue weighted by atomic mass is 35.5. The van der Waals surface area contributed by atoms with E-state index in [1.807, 2.05) is 67.0 Å². The SMILES string of the molecule is S=C1N[C@H](c2ccccn2)[C@@H](c2cccn2-c2ccc(Cl)cn2)N1c1ccccc1. The largest absolute Gasteiger partial charge is 0.351 e. The Morgan fingerprint density at radius 1 is 0.900 bits per heavy atom. The normalized spacial score (nSPS) is 18.4. The summed E-state index contributed by atoms with van der Waals surface area (Å²) in [5, 5.41) is 4.76. The maximum absolute atomic E-state index is 6.05. The van der Waals surface area contributed by atoms with Gasteiger partial charge in [0.15, 0.2) is 5.11 Å². The molecule has 7 heteroatoms. The van der Waals surface area contributed by atoms with E-state index in [1.54, 1.807) is 6.20 Å². The molecule has 1 saturated heterocycles. The second kappa shape index (κ2) is 7.89. The van der Waals surface area contributed by atoms with Crippen molar-refractivity contribution in [3.63, 3.8) is 0 Å². The molecule has 1 aromatic carbocycles. The lowest BCUT2D eigenvalue weighted by Crippen LogP contribution is -2.30. The number of halogens is 1. The third kappa shape index (κ3) is 3.34. The zero-order valence-corrected chi connectivity index (χ0v) is 17.5. The Labute approximate surface area is 185 Å². The number of benzene rings is 1. The van der Waals surface area contributed by atoms with Crippen molar-refractivity contribution in [1.82, 2.24) is 19.9 Å². The molecule has 30 heavy (non-hydrogen) atoms. The lowest BCUT2D eigenvalue weighted by atomic mass is 10.0. The minimum absolute atomic E-state index is 0.109. The number of anilines is 1. The number of nitrogens with zero attached hydrogens (tertiary/aromatic N) is 4. The van der Waals surface area contributed by atoms with Gasteiger partial charge in [0.25, 0.3) is 0 Å². The Morgan fingerprint density at radius 3 is 2.47 bits per heavy atom. The predicted octanol–water partition coefficient (Wildman–Crippen LogP) is 5.10. The van der Waals surface area contributed by atoms with E-state index in [2.05, 4.69) is 43.0 Å². The fourth-order valence-electron chi connectivity index (χ4n) is 3.88. The maximum atomic E-state index is 6.05. The van der Waals surface area contributed by atoms with E-state index in [4.69, 9.17) is 23.8 Å². The van der Waals surface area contributed by atoms with Crippen molar-refractivity contribution in [2.24, 2.45) is 0 Å². The summed E-state index contributed by atoms with van der Waals surface area (Å²) in [5.74, 6) is 0.796. The summed E-state index contributed by atoms with van der Waals surface area (Å²) in [7, 11) is 0. The number of thiocarbonyl (C=S) groups is 1. The van der Waals surface area contributed by atoms with Crippen molar-refractivity contribution in [2.75, 3.05) is 4.90 Å². The fraction of sp³-hybridized carbons (Fsp3) is 0.0870. The molecule has 5 nitrogen and oxygen atoms in total. The number of hydrogen-bond acceptors (Lipinski definition) is 3. The molecule has 1 aliphatic rings. The highest BCUT2D eigenvalue weighted by molar-refractivity contribution is 7.80. The predicted molar refractivity (Wildman–Crippen MR) is 123 cm³/mol. The van der Waals surface area contributed by atoms with Gasteiger partial charge in [-0.05, 0) is 60.7 Å². The quantitative estimate of drug-likeness (QED) is 0.455. The minimum atomic E-state index is -0.111. The second-order valence-electron chi connectivity index (χ2n) is 6.97. The number of aromatic nitrogens is 3. The molecule has 0 bridgehead atoms. The van der Waals surface area contributed by atoms with Crippen LogP contribution in [0.2, 0.25) is 5.02 Å². The molecule has 0 saturated carbocycles. The molecule has 5 rings (SSSR count). The van der Waals surface area contributed by atoms with Crippen LogP contribution in [0.3, 0.4) is 0 Å². The molecule has 2 atom stereocenters. The van der Waals surface area contributed by atoms with Crippen molar-refractivity contribution >= 4 is 34.6 Å². The third-order valence-corrected chi connectivity index (χ3v) is 5.71. The molecule has 1 fully saturated rings. The van der Waals surface area contributed by atoms with Crippen molar-refractivity contribution in [2.45, 2.75) is 12.1 Å². The van der Waals surface area contributed by atoms with Crippen LogP contribution in [-0.4, -0.2) is 19.6 Å². The van der Waals surface area contributed by atoms with Gasteiger partial charge in [0, 0.05) is 30.0 Å². The first-order chi connectivity index (χ1) is 14.7. The minimum Gasteiger partial charge on any atom is -0.351 e. The topological polar surface area (TPSA) is 46.0 Å². The molecule has 0 aliphatic carbocycles. The van der Waals surface area contributed by atoms with Gasteiger partial charge < -0.3 is 14.8 Å². The Kier molecular flexibility index (Phi) is 4.94. The molecule has 0 spiro atoms. The number of para-hydroxylation sites is 1. The Morgan fingerprint density at radius 2 is 1.73 bits per heavy atom. The van der Waals surface area contributed by atoms with Gasteiger partial charge >= 0.3 is 0 Å². The lowest BCUT2D eigenvalue weighted by Gasteiger charge is -2.28. The maximum Gasteiger partial charge on any atom is 0.174 e. The number of pyridine rings is 2. The Bertz CT molecular complexity index is 1160. The van der Waals surface area contributed by atoms with Gasteiger partial charge in [0.2, 0.25) is 0 Å². The zero-order valence-electron chi connectivity index (χ0n) is 15.9. The van der Waals surface area contributed by atoms with Crippen LogP contribution < -0.4 is 10.2 Å². The second-order valence-corrected chi connectivity index (χ2v) is 7.79. The standard InChI is InChI=1S/C23H18ClN5S/c24-16-11-12-20(26-15-16)28-14-6-10-19(28)22-21(18-9-4-5-13-25-18)27-23(30)29(22)17-7-2-1-3-8-17/h1-15,21-22H,(H,27,30)/t21-,22-/m1/s1. The first-order valence-electron chi connectivity index (χ1n) is 9.57. The highest BCUT2D eigenvalue weighted by Gasteiger charge is 2.42. The summed E-state index contributed by atoms with van der Waals surface area (Å²) in [5.41, 5.74) is 3.01. The van der Waals surface area contributed by atoms with Crippen LogP contribution in [0.5, 0.6) is 0 Å². The molecule has 0 radical (unpaired) electrons. The molecule has 1 N–H and O–H groups in total. The molecule has 0 amide bonds. The zero-order chi connectivity index (χ0) is 20.5. The molecule has 1 aliphatic heterocycles. The van der Waals surface area contributed by atoms with Crippen LogP contribution >= 0.6 is 23.8 Å². The van der Waals surface area contributed by atoms with Gasteiger partial charge in [0.1, 0.15) is 11.9 Å². The first-order valence-corrected chi connectivity index (χ1v) is 10.4. The molecule has 0 unspecified atom stereocenters. The molecule has 148 valence electrons. The van der Waals surface area contributed by atoms with Crippen LogP contribution in [0.25, 0.3) is 5.82 Å². The summed E-state index contributed by atoms with van der Waals surface area (Å²) < 4.78 is 2.07. The van der Waals surface area contributed by atoms with E-state index in [0.29, 0.717) is 10.1 Å². The third-order valence-electron chi connectivity index (χ3n) is 5.17. The van der Waals surface area contributed by atoms with Gasteiger partial charge in [-0.1, -0.05) is 35.9 Å². The van der Waals surface area contributed by atoms with E-state index in [-0.39, 0.29) is 12.1 Å². The van der Waals surface area contributed by atoms with Gasteiger partial charge in [-0.15, -0.1) is 0 Å². The van der Waals surface area contributed by atoms with Crippen molar-refractivity contribution in [3.8, 4) is 5.82 Å². The Hall–Kier alpha value is -3.22. The van der Waals surface area contributed by atoms with Crippen LogP contribution in [0, 0.1) is 0 Å². The van der Waals surface area contributed by atoms with Crippen LogP contribution in [-0.2, 0) is 0 Å². The first kappa shape index (κ1) is 18.8. The summed E-state index contributed by atoms with van der Waals surface area (Å²) in [6.07, 6.45) is 5.47. The number of nitrogens with one attached hydrogen (secondary N) is 1. The van der Waals surface area contributed by atoms with Crippen molar-refractivity contribution in [1.29, 1.82) is 0 Å². The Balaban J connectivity index is 1.66. The number of rotatable bonds is 4. The molecular weight excluding hydrogens is 414 g/mol. The van der Waals surface area contributed by atoms with E-state index in [1.165, 1.54) is 0 Å². The lowest BCUT2D eigenvalue weighted by molar-refractivity contribution is 0.548. The van der Waals surface area contributed by atoms with Crippen LogP contribution in [0.15, 0.2) is 91.4 Å². The fourth-order valence-corrected chi connectivity index (χ4v) is 4.33.